The number of carbonyl (C=O) groups is 2. The molecule has 3 aromatic rings. The molecule has 1 saturated carbocycles. The zero-order chi connectivity index (χ0) is 22.5. The summed E-state index contributed by atoms with van der Waals surface area (Å²) in [4.78, 5) is 28.6. The Morgan fingerprint density at radius 1 is 0.969 bits per heavy atom. The van der Waals surface area contributed by atoms with Crippen molar-refractivity contribution in [2.75, 3.05) is 26.2 Å². The van der Waals surface area contributed by atoms with E-state index in [-0.39, 0.29) is 11.8 Å². The van der Waals surface area contributed by atoms with Crippen LogP contribution in [0.3, 0.4) is 0 Å². The Morgan fingerprint density at radius 2 is 1.59 bits per heavy atom. The second kappa shape index (κ2) is 7.72. The highest BCUT2D eigenvalue weighted by molar-refractivity contribution is 5.95. The van der Waals surface area contributed by atoms with E-state index in [0.717, 1.165) is 22.0 Å². The maximum Gasteiger partial charge on any atom is 0.254 e. The molecule has 0 bridgehead atoms. The van der Waals surface area contributed by atoms with Crippen LogP contribution in [0.2, 0.25) is 0 Å². The van der Waals surface area contributed by atoms with Gasteiger partial charge in [-0.3, -0.25) is 9.59 Å². The number of hydrogen-bond donors (Lipinski definition) is 2. The van der Waals surface area contributed by atoms with Crippen LogP contribution in [0, 0.1) is 0 Å². The molecule has 8 heteroatoms. The van der Waals surface area contributed by atoms with E-state index in [9.17, 15) is 19.8 Å². The van der Waals surface area contributed by atoms with Crippen LogP contribution in [0.4, 0.5) is 0 Å². The van der Waals surface area contributed by atoms with Crippen molar-refractivity contribution >= 4 is 22.7 Å². The van der Waals surface area contributed by atoms with Crippen LogP contribution >= 0.6 is 0 Å². The van der Waals surface area contributed by atoms with Gasteiger partial charge < -0.3 is 20.0 Å². The second-order valence-electron chi connectivity index (χ2n) is 8.69. The van der Waals surface area contributed by atoms with E-state index in [1.807, 2.05) is 42.5 Å². The van der Waals surface area contributed by atoms with Gasteiger partial charge in [0.25, 0.3) is 11.8 Å². The van der Waals surface area contributed by atoms with Gasteiger partial charge in [-0.1, -0.05) is 24.3 Å². The van der Waals surface area contributed by atoms with E-state index in [1.54, 1.807) is 27.6 Å². The number of aromatic nitrogens is 2. The minimum Gasteiger partial charge on any atom is -0.380 e. The summed E-state index contributed by atoms with van der Waals surface area (Å²) >= 11 is 0. The number of hydrogen-bond acceptors (Lipinski definition) is 5. The molecule has 2 fully saturated rings. The molecule has 5 rings (SSSR count). The van der Waals surface area contributed by atoms with E-state index in [2.05, 4.69) is 5.10 Å². The number of fused-ring (bicyclic) bond motifs is 1. The third-order valence-electron chi connectivity index (χ3n) is 6.39. The van der Waals surface area contributed by atoms with E-state index in [4.69, 9.17) is 0 Å². The maximum absolute atomic E-state index is 12.9. The predicted molar refractivity (Wildman–Crippen MR) is 119 cm³/mol. The molecule has 1 aromatic heterocycles. The quantitative estimate of drug-likeness (QED) is 0.655. The van der Waals surface area contributed by atoms with Crippen molar-refractivity contribution in [3.8, 4) is 11.1 Å². The smallest absolute Gasteiger partial charge is 0.254 e. The van der Waals surface area contributed by atoms with Gasteiger partial charge in [0.1, 0.15) is 11.8 Å². The Kier molecular flexibility index (Phi) is 4.98. The fourth-order valence-corrected chi connectivity index (χ4v) is 4.24. The summed E-state index contributed by atoms with van der Waals surface area (Å²) in [5, 5.41) is 25.1. The fraction of sp³-hybridized carbons (Fsp3) is 0.375. The van der Waals surface area contributed by atoms with E-state index in [0.29, 0.717) is 44.6 Å². The highest BCUT2D eigenvalue weighted by atomic mass is 16.3. The topological polar surface area (TPSA) is 98.9 Å². The van der Waals surface area contributed by atoms with Gasteiger partial charge in [0, 0.05) is 37.1 Å². The lowest BCUT2D eigenvalue weighted by atomic mass is 10.0. The number of aliphatic hydroxyl groups is 2. The first-order chi connectivity index (χ1) is 15.4. The second-order valence-corrected chi connectivity index (χ2v) is 8.69. The number of carbonyl (C=O) groups excluding carboxylic acids is 2. The molecule has 2 aromatic carbocycles. The van der Waals surface area contributed by atoms with Crippen LogP contribution in [-0.4, -0.2) is 73.4 Å². The third kappa shape index (κ3) is 3.65. The average Bonchev–Trinajstić information content (AvgIpc) is 3.42. The lowest BCUT2D eigenvalue weighted by Crippen LogP contribution is -2.53. The molecule has 2 aliphatic rings. The lowest BCUT2D eigenvalue weighted by molar-refractivity contribution is -0.143. The molecule has 166 valence electrons. The van der Waals surface area contributed by atoms with E-state index in [1.165, 1.54) is 0 Å². The largest absolute Gasteiger partial charge is 0.380 e. The van der Waals surface area contributed by atoms with Crippen LogP contribution in [0.5, 0.6) is 0 Å². The van der Waals surface area contributed by atoms with Crippen molar-refractivity contribution in [1.29, 1.82) is 0 Å². The number of amides is 2. The van der Waals surface area contributed by atoms with Gasteiger partial charge in [0.2, 0.25) is 0 Å². The number of nitrogens with zero attached hydrogens (tertiary/aromatic N) is 4. The summed E-state index contributed by atoms with van der Waals surface area (Å²) in [6.45, 7) is 3.48. The summed E-state index contributed by atoms with van der Waals surface area (Å²) in [5.41, 5.74) is 2.24. The molecule has 1 aliphatic heterocycles. The highest BCUT2D eigenvalue weighted by Gasteiger charge is 2.50. The standard InChI is InChI=1S/C24H26N4O4/c1-16(29)28-21-14-19(6-7-20(21)15-25-28)17-2-4-18(5-3-17)22(30)26-10-12-27(13-11-26)23(31)24(32)8-9-24/h2-7,14-16,29,32H,8-13H2,1H3. The molecule has 8 nitrogen and oxygen atoms in total. The number of piperazine rings is 1. The highest BCUT2D eigenvalue weighted by Crippen LogP contribution is 2.37. The molecule has 2 heterocycles. The van der Waals surface area contributed by atoms with Crippen molar-refractivity contribution in [3.63, 3.8) is 0 Å². The Labute approximate surface area is 185 Å². The third-order valence-corrected chi connectivity index (χ3v) is 6.39. The van der Waals surface area contributed by atoms with Gasteiger partial charge in [-0.15, -0.1) is 0 Å². The van der Waals surface area contributed by atoms with Crippen LogP contribution in [-0.2, 0) is 4.79 Å². The Hall–Kier alpha value is -3.23. The summed E-state index contributed by atoms with van der Waals surface area (Å²) in [6, 6.07) is 13.4. The SMILES string of the molecule is CC(O)n1ncc2ccc(-c3ccc(C(=O)N4CCN(C(=O)C5(O)CC5)CC4)cc3)cc21. The summed E-state index contributed by atoms with van der Waals surface area (Å²) in [7, 11) is 0. The zero-order valence-corrected chi connectivity index (χ0v) is 17.9. The maximum atomic E-state index is 12.9. The molecular weight excluding hydrogens is 408 g/mol. The van der Waals surface area contributed by atoms with Crippen LogP contribution < -0.4 is 0 Å². The first kappa shape index (κ1) is 20.7. The molecule has 1 atom stereocenters. The first-order valence-electron chi connectivity index (χ1n) is 10.9. The summed E-state index contributed by atoms with van der Waals surface area (Å²) in [6.07, 6.45) is 2.08. The van der Waals surface area contributed by atoms with Gasteiger partial charge >= 0.3 is 0 Å². The van der Waals surface area contributed by atoms with Gasteiger partial charge in [0.15, 0.2) is 0 Å². The monoisotopic (exact) mass is 434 g/mol. The Morgan fingerprint density at radius 3 is 2.22 bits per heavy atom. The normalized spacial score (nSPS) is 18.6. The molecule has 32 heavy (non-hydrogen) atoms. The van der Waals surface area contributed by atoms with Crippen molar-refractivity contribution in [1.82, 2.24) is 19.6 Å². The van der Waals surface area contributed by atoms with E-state index < -0.39 is 11.8 Å². The number of aliphatic hydroxyl groups excluding tert-OH is 1. The van der Waals surface area contributed by atoms with Gasteiger partial charge in [0.05, 0.1) is 11.7 Å². The fourth-order valence-electron chi connectivity index (χ4n) is 4.24. The van der Waals surface area contributed by atoms with Crippen molar-refractivity contribution in [3.05, 3.63) is 54.2 Å². The Bertz CT molecular complexity index is 1170. The van der Waals surface area contributed by atoms with Crippen molar-refractivity contribution in [2.45, 2.75) is 31.6 Å². The molecular formula is C24H26N4O4. The minimum absolute atomic E-state index is 0.0589. The molecule has 0 radical (unpaired) electrons. The summed E-state index contributed by atoms with van der Waals surface area (Å²) in [5.74, 6) is -0.265. The van der Waals surface area contributed by atoms with Crippen molar-refractivity contribution < 1.29 is 19.8 Å². The average molecular weight is 434 g/mol. The first-order valence-corrected chi connectivity index (χ1v) is 10.9. The van der Waals surface area contributed by atoms with Gasteiger partial charge in [-0.2, -0.15) is 5.10 Å². The molecule has 1 saturated heterocycles. The summed E-state index contributed by atoms with van der Waals surface area (Å²) < 4.78 is 1.57. The molecule has 0 spiro atoms. The number of rotatable bonds is 4. The van der Waals surface area contributed by atoms with E-state index >= 15 is 0 Å². The molecule has 1 unspecified atom stereocenters. The van der Waals surface area contributed by atoms with Crippen LogP contribution in [0.25, 0.3) is 22.0 Å². The van der Waals surface area contributed by atoms with Gasteiger partial charge in [-0.25, -0.2) is 4.68 Å². The van der Waals surface area contributed by atoms with Crippen molar-refractivity contribution in [2.24, 2.45) is 0 Å². The van der Waals surface area contributed by atoms with Crippen LogP contribution in [0.1, 0.15) is 36.4 Å². The van der Waals surface area contributed by atoms with Gasteiger partial charge in [-0.05, 0) is 49.1 Å². The Balaban J connectivity index is 1.28. The number of benzene rings is 2. The van der Waals surface area contributed by atoms with Crippen LogP contribution in [0.15, 0.2) is 48.7 Å². The lowest BCUT2D eigenvalue weighted by Gasteiger charge is -2.35. The molecule has 2 amide bonds. The predicted octanol–water partition coefficient (Wildman–Crippen LogP) is 2.02. The zero-order valence-electron chi connectivity index (χ0n) is 17.9. The minimum atomic E-state index is -1.15. The molecule has 2 N–H and O–H groups in total. The molecule has 1 aliphatic carbocycles.